The number of amides is 1. The number of anilines is 2. The molecule has 3 heterocycles. The van der Waals surface area contributed by atoms with Crippen LogP contribution in [0.5, 0.6) is 5.75 Å². The van der Waals surface area contributed by atoms with E-state index in [9.17, 15) is 4.79 Å². The Morgan fingerprint density at radius 2 is 1.97 bits per heavy atom. The van der Waals surface area contributed by atoms with Gasteiger partial charge < -0.3 is 20.3 Å². The average Bonchev–Trinajstić information content (AvgIpc) is 2.73. The van der Waals surface area contributed by atoms with E-state index in [1.807, 2.05) is 42.2 Å². The van der Waals surface area contributed by atoms with Crippen LogP contribution in [-0.2, 0) is 0 Å². The number of nitrogens with zero attached hydrogens (tertiary/aromatic N) is 3. The number of carbonyl (C=O) groups excluding carboxylic acids is 1. The lowest BCUT2D eigenvalue weighted by Gasteiger charge is -2.46. The van der Waals surface area contributed by atoms with Gasteiger partial charge in [0, 0.05) is 24.8 Å². The Hall–Kier alpha value is -3.09. The maximum absolute atomic E-state index is 13.2. The number of nitrogens with one attached hydrogen (secondary N) is 2. The van der Waals surface area contributed by atoms with Gasteiger partial charge in [0.25, 0.3) is 5.91 Å². The van der Waals surface area contributed by atoms with E-state index in [-0.39, 0.29) is 17.0 Å². The van der Waals surface area contributed by atoms with E-state index in [1.54, 1.807) is 13.3 Å². The third kappa shape index (κ3) is 4.22. The second-order valence-corrected chi connectivity index (χ2v) is 9.34. The molecule has 1 fully saturated rings. The van der Waals surface area contributed by atoms with E-state index in [2.05, 4.69) is 36.4 Å². The minimum atomic E-state index is -0.338. The molecule has 1 aromatic heterocycles. The Balaban J connectivity index is 1.58. The lowest BCUT2D eigenvalue weighted by molar-refractivity contribution is 0.0704. The number of hydrogen-bond donors (Lipinski definition) is 2. The van der Waals surface area contributed by atoms with Gasteiger partial charge in [-0.1, -0.05) is 0 Å². The third-order valence-electron chi connectivity index (χ3n) is 5.89. The summed E-state index contributed by atoms with van der Waals surface area (Å²) >= 11 is 0. The van der Waals surface area contributed by atoms with E-state index in [0.717, 1.165) is 47.1 Å². The van der Waals surface area contributed by atoms with Crippen LogP contribution in [0.25, 0.3) is 0 Å². The molecule has 0 unspecified atom stereocenters. The fourth-order valence-electron chi connectivity index (χ4n) is 4.25. The molecule has 0 radical (unpaired) electrons. The summed E-state index contributed by atoms with van der Waals surface area (Å²) in [5, 5.41) is 7.17. The number of hydrogen-bond acceptors (Lipinski definition) is 5. The molecule has 0 atom stereocenters. The summed E-state index contributed by atoms with van der Waals surface area (Å²) in [7, 11) is 1.63. The summed E-state index contributed by atoms with van der Waals surface area (Å²) in [6, 6.07) is 9.57. The summed E-state index contributed by atoms with van der Waals surface area (Å²) in [5.41, 5.74) is 2.06. The first-order valence-corrected chi connectivity index (χ1v) is 10.8. The van der Waals surface area contributed by atoms with Crippen molar-refractivity contribution in [1.29, 1.82) is 0 Å². The molecule has 2 aliphatic rings. The van der Waals surface area contributed by atoms with Gasteiger partial charge >= 0.3 is 0 Å². The predicted molar refractivity (Wildman–Crippen MR) is 124 cm³/mol. The van der Waals surface area contributed by atoms with E-state index in [1.165, 1.54) is 0 Å². The zero-order valence-corrected chi connectivity index (χ0v) is 19.0. The number of amidine groups is 1. The smallest absolute Gasteiger partial charge is 0.254 e. The number of benzene rings is 1. The summed E-state index contributed by atoms with van der Waals surface area (Å²) in [6.07, 6.45) is 3.31. The predicted octanol–water partition coefficient (Wildman–Crippen LogP) is 4.11. The number of methoxy groups -OCH3 is 1. The summed E-state index contributed by atoms with van der Waals surface area (Å²) < 4.78 is 5.27. The molecule has 7 heteroatoms. The second kappa shape index (κ2) is 7.87. The molecule has 4 rings (SSSR count). The first kappa shape index (κ1) is 21.2. The SMILES string of the molecule is COc1ccc(C(=O)N2CCC3(CC2)Nc2cccnc2NC3=NC(C)(C)C)c(C)c1. The van der Waals surface area contributed by atoms with Crippen molar-refractivity contribution < 1.29 is 9.53 Å². The molecule has 1 amide bonds. The van der Waals surface area contributed by atoms with Gasteiger partial charge in [-0.2, -0.15) is 0 Å². The van der Waals surface area contributed by atoms with E-state index < -0.39 is 0 Å². The van der Waals surface area contributed by atoms with Gasteiger partial charge in [0.05, 0.1) is 23.9 Å². The largest absolute Gasteiger partial charge is 0.497 e. The summed E-state index contributed by atoms with van der Waals surface area (Å²) in [5.74, 6) is 2.52. The van der Waals surface area contributed by atoms with Crippen molar-refractivity contribution in [1.82, 2.24) is 9.88 Å². The number of rotatable bonds is 2. The molecule has 0 bridgehead atoms. The van der Waals surface area contributed by atoms with Crippen LogP contribution in [-0.4, -0.2) is 52.9 Å². The maximum Gasteiger partial charge on any atom is 0.254 e. The fourth-order valence-corrected chi connectivity index (χ4v) is 4.25. The Labute approximate surface area is 183 Å². The van der Waals surface area contributed by atoms with Gasteiger partial charge in [-0.15, -0.1) is 0 Å². The Morgan fingerprint density at radius 1 is 1.23 bits per heavy atom. The number of piperidine rings is 1. The Kier molecular flexibility index (Phi) is 5.37. The van der Waals surface area contributed by atoms with Crippen LogP contribution >= 0.6 is 0 Å². The van der Waals surface area contributed by atoms with Gasteiger partial charge in [0.2, 0.25) is 0 Å². The minimum absolute atomic E-state index is 0.0650. The molecule has 31 heavy (non-hydrogen) atoms. The lowest BCUT2D eigenvalue weighted by atomic mass is 9.83. The van der Waals surface area contributed by atoms with Gasteiger partial charge in [0.1, 0.15) is 11.6 Å². The number of pyridine rings is 1. The molecule has 2 aromatic rings. The van der Waals surface area contributed by atoms with E-state index >= 15 is 0 Å². The zero-order chi connectivity index (χ0) is 22.2. The zero-order valence-electron chi connectivity index (χ0n) is 19.0. The lowest BCUT2D eigenvalue weighted by Crippen LogP contribution is -2.59. The van der Waals surface area contributed by atoms with Crippen LogP contribution in [0.2, 0.25) is 0 Å². The van der Waals surface area contributed by atoms with Crippen LogP contribution < -0.4 is 15.4 Å². The van der Waals surface area contributed by atoms with E-state index in [0.29, 0.717) is 13.1 Å². The van der Waals surface area contributed by atoms with Crippen molar-refractivity contribution in [2.45, 2.75) is 51.6 Å². The molecule has 164 valence electrons. The first-order chi connectivity index (χ1) is 14.7. The Morgan fingerprint density at radius 3 is 2.61 bits per heavy atom. The van der Waals surface area contributed by atoms with Gasteiger partial charge in [-0.3, -0.25) is 9.79 Å². The molecule has 2 aliphatic heterocycles. The number of fused-ring (bicyclic) bond motifs is 1. The molecule has 0 saturated carbocycles. The molecule has 1 aromatic carbocycles. The van der Waals surface area contributed by atoms with Crippen LogP contribution in [0.15, 0.2) is 41.5 Å². The van der Waals surface area contributed by atoms with Crippen molar-refractivity contribution >= 4 is 23.2 Å². The topological polar surface area (TPSA) is 78.8 Å². The highest BCUT2D eigenvalue weighted by atomic mass is 16.5. The number of ether oxygens (including phenoxy) is 1. The second-order valence-electron chi connectivity index (χ2n) is 9.34. The monoisotopic (exact) mass is 421 g/mol. The number of carbonyl (C=O) groups is 1. The molecule has 0 aliphatic carbocycles. The van der Waals surface area contributed by atoms with Gasteiger partial charge in [0.15, 0.2) is 5.82 Å². The number of aryl methyl sites for hydroxylation is 1. The van der Waals surface area contributed by atoms with Gasteiger partial charge in [-0.05, 0) is 76.4 Å². The number of aromatic nitrogens is 1. The minimum Gasteiger partial charge on any atom is -0.497 e. The molecular formula is C24H31N5O2. The summed E-state index contributed by atoms with van der Waals surface area (Å²) in [4.78, 5) is 24.6. The quantitative estimate of drug-likeness (QED) is 0.763. The molecule has 1 spiro atoms. The highest BCUT2D eigenvalue weighted by Gasteiger charge is 2.44. The van der Waals surface area contributed by atoms with Crippen molar-refractivity contribution in [2.24, 2.45) is 4.99 Å². The van der Waals surface area contributed by atoms with Gasteiger partial charge in [-0.25, -0.2) is 4.98 Å². The van der Waals surface area contributed by atoms with Crippen molar-refractivity contribution in [3.63, 3.8) is 0 Å². The van der Waals surface area contributed by atoms with Crippen LogP contribution in [0.1, 0.15) is 49.5 Å². The fraction of sp³-hybridized carbons (Fsp3) is 0.458. The van der Waals surface area contributed by atoms with Crippen LogP contribution in [0.3, 0.4) is 0 Å². The number of likely N-dealkylation sites (tertiary alicyclic amines) is 1. The normalized spacial score (nSPS) is 18.9. The highest BCUT2D eigenvalue weighted by Crippen LogP contribution is 2.37. The first-order valence-electron chi connectivity index (χ1n) is 10.8. The molecule has 2 N–H and O–H groups in total. The average molecular weight is 422 g/mol. The maximum atomic E-state index is 13.2. The van der Waals surface area contributed by atoms with Crippen molar-refractivity contribution in [2.75, 3.05) is 30.8 Å². The molecular weight excluding hydrogens is 390 g/mol. The van der Waals surface area contributed by atoms with Crippen LogP contribution in [0.4, 0.5) is 11.5 Å². The Bertz CT molecular complexity index is 1020. The molecule has 7 nitrogen and oxygen atoms in total. The standard InChI is InChI=1S/C24H31N5O2/c1-16-15-17(31-5)8-9-18(16)21(30)29-13-10-24(11-14-29)22(28-23(2,3)4)26-20-19(27-24)7-6-12-25-20/h6-9,12,15,27H,10-11,13-14H2,1-5H3,(H,25,26,28). The van der Waals surface area contributed by atoms with Crippen molar-refractivity contribution in [3.8, 4) is 5.75 Å². The molecule has 1 saturated heterocycles. The third-order valence-corrected chi connectivity index (χ3v) is 5.89. The van der Waals surface area contributed by atoms with Crippen molar-refractivity contribution in [3.05, 3.63) is 47.7 Å². The highest BCUT2D eigenvalue weighted by molar-refractivity contribution is 6.09. The summed E-state index contributed by atoms with van der Waals surface area (Å²) in [6.45, 7) is 9.53. The van der Waals surface area contributed by atoms with E-state index in [4.69, 9.17) is 9.73 Å². The number of aliphatic imine (C=N–C) groups is 1. The van der Waals surface area contributed by atoms with Crippen LogP contribution in [0, 0.1) is 6.92 Å².